The number of ether oxygens (including phenoxy) is 1. The van der Waals surface area contributed by atoms with Crippen LogP contribution >= 0.6 is 11.6 Å². The van der Waals surface area contributed by atoms with Gasteiger partial charge in [0.15, 0.2) is 0 Å². The SMILES string of the molecule is CN(C[C@H](O)COCc1ccccc1)C(=O)Nc1cccc(Cl)c1. The molecule has 0 spiro atoms. The standard InChI is InChI=1S/C18H21ClN2O3/c1-21(18(23)20-16-9-5-8-15(19)10-16)11-17(22)13-24-12-14-6-3-2-4-7-14/h2-10,17,22H,11-13H2,1H3,(H,20,23)/t17-/m0/s1. The van der Waals surface area contributed by atoms with Crippen LogP contribution < -0.4 is 5.32 Å². The first-order chi connectivity index (χ1) is 11.5. The Morgan fingerprint density at radius 1 is 1.25 bits per heavy atom. The number of aliphatic hydroxyl groups excluding tert-OH is 1. The van der Waals surface area contributed by atoms with E-state index in [1.54, 1.807) is 31.3 Å². The number of likely N-dealkylation sites (N-methyl/N-ethyl adjacent to an activating group) is 1. The number of carbonyl (C=O) groups is 1. The Hall–Kier alpha value is -2.08. The third-order valence-corrected chi connectivity index (χ3v) is 3.56. The van der Waals surface area contributed by atoms with Crippen molar-refractivity contribution in [2.75, 3.05) is 25.5 Å². The minimum Gasteiger partial charge on any atom is -0.389 e. The molecule has 24 heavy (non-hydrogen) atoms. The van der Waals surface area contributed by atoms with Crippen LogP contribution in [0.5, 0.6) is 0 Å². The number of amides is 2. The zero-order valence-electron chi connectivity index (χ0n) is 13.5. The van der Waals surface area contributed by atoms with E-state index in [-0.39, 0.29) is 19.2 Å². The average Bonchev–Trinajstić information content (AvgIpc) is 2.55. The second-order valence-corrected chi connectivity index (χ2v) is 5.91. The van der Waals surface area contributed by atoms with E-state index in [0.29, 0.717) is 17.3 Å². The lowest BCUT2D eigenvalue weighted by molar-refractivity contribution is 0.0188. The third kappa shape index (κ3) is 6.20. The summed E-state index contributed by atoms with van der Waals surface area (Å²) in [5.74, 6) is 0. The number of nitrogens with one attached hydrogen (secondary N) is 1. The van der Waals surface area contributed by atoms with E-state index in [9.17, 15) is 9.90 Å². The normalized spacial score (nSPS) is 11.8. The second kappa shape index (κ2) is 9.27. The zero-order chi connectivity index (χ0) is 17.4. The van der Waals surface area contributed by atoms with Crippen molar-refractivity contribution < 1.29 is 14.6 Å². The molecular formula is C18H21ClN2O3. The van der Waals surface area contributed by atoms with E-state index in [4.69, 9.17) is 16.3 Å². The van der Waals surface area contributed by atoms with Gasteiger partial charge in [0.05, 0.1) is 25.9 Å². The van der Waals surface area contributed by atoms with Gasteiger partial charge < -0.3 is 20.1 Å². The zero-order valence-corrected chi connectivity index (χ0v) is 14.2. The summed E-state index contributed by atoms with van der Waals surface area (Å²) in [6.07, 6.45) is -0.760. The number of benzene rings is 2. The molecule has 0 saturated heterocycles. The van der Waals surface area contributed by atoms with Crippen molar-refractivity contribution in [2.45, 2.75) is 12.7 Å². The lowest BCUT2D eigenvalue weighted by Gasteiger charge is -2.21. The molecule has 0 aliphatic carbocycles. The van der Waals surface area contributed by atoms with Crippen LogP contribution in [-0.4, -0.2) is 42.3 Å². The van der Waals surface area contributed by atoms with Crippen molar-refractivity contribution in [3.05, 3.63) is 65.2 Å². The quantitative estimate of drug-likeness (QED) is 0.806. The van der Waals surface area contributed by atoms with Gasteiger partial charge in [-0.1, -0.05) is 48.0 Å². The Labute approximate surface area is 146 Å². The van der Waals surface area contributed by atoms with Crippen LogP contribution in [0.3, 0.4) is 0 Å². The van der Waals surface area contributed by atoms with Crippen molar-refractivity contribution in [1.29, 1.82) is 0 Å². The summed E-state index contributed by atoms with van der Waals surface area (Å²) in [7, 11) is 1.61. The van der Waals surface area contributed by atoms with E-state index in [1.165, 1.54) is 4.90 Å². The fraction of sp³-hybridized carbons (Fsp3) is 0.278. The summed E-state index contributed by atoms with van der Waals surface area (Å²) in [5, 5.41) is 13.3. The maximum Gasteiger partial charge on any atom is 0.321 e. The van der Waals surface area contributed by atoms with Crippen LogP contribution in [0.4, 0.5) is 10.5 Å². The number of anilines is 1. The highest BCUT2D eigenvalue weighted by molar-refractivity contribution is 6.30. The van der Waals surface area contributed by atoms with Gasteiger partial charge in [-0.15, -0.1) is 0 Å². The van der Waals surface area contributed by atoms with E-state index < -0.39 is 6.10 Å². The van der Waals surface area contributed by atoms with Crippen LogP contribution in [0, 0.1) is 0 Å². The summed E-state index contributed by atoms with van der Waals surface area (Å²) in [6.45, 7) is 0.751. The maximum absolute atomic E-state index is 12.1. The van der Waals surface area contributed by atoms with Gasteiger partial charge in [0.2, 0.25) is 0 Å². The molecule has 0 radical (unpaired) electrons. The number of carbonyl (C=O) groups excluding carboxylic acids is 1. The van der Waals surface area contributed by atoms with Crippen molar-refractivity contribution in [2.24, 2.45) is 0 Å². The van der Waals surface area contributed by atoms with Crippen molar-refractivity contribution in [3.8, 4) is 0 Å². The summed E-state index contributed by atoms with van der Waals surface area (Å²) >= 11 is 5.88. The summed E-state index contributed by atoms with van der Waals surface area (Å²) in [5.41, 5.74) is 1.64. The van der Waals surface area contributed by atoms with Crippen LogP contribution in [0.2, 0.25) is 5.02 Å². The molecule has 0 bridgehead atoms. The number of hydrogen-bond acceptors (Lipinski definition) is 3. The molecule has 0 aliphatic rings. The molecule has 0 saturated carbocycles. The van der Waals surface area contributed by atoms with Gasteiger partial charge in [0.25, 0.3) is 0 Å². The van der Waals surface area contributed by atoms with Gasteiger partial charge in [0.1, 0.15) is 0 Å². The molecule has 5 nitrogen and oxygen atoms in total. The molecule has 0 aromatic heterocycles. The first-order valence-corrected chi connectivity index (χ1v) is 8.00. The van der Waals surface area contributed by atoms with E-state index in [1.807, 2.05) is 30.3 Å². The Bertz CT molecular complexity index is 652. The van der Waals surface area contributed by atoms with E-state index >= 15 is 0 Å². The molecule has 2 N–H and O–H groups in total. The number of hydrogen-bond donors (Lipinski definition) is 2. The number of aliphatic hydroxyl groups is 1. The van der Waals surface area contributed by atoms with Gasteiger partial charge in [0, 0.05) is 17.8 Å². The average molecular weight is 349 g/mol. The fourth-order valence-corrected chi connectivity index (χ4v) is 2.31. The molecule has 6 heteroatoms. The molecule has 2 aromatic carbocycles. The predicted octanol–water partition coefficient (Wildman–Crippen LogP) is 3.38. The molecule has 2 amide bonds. The van der Waals surface area contributed by atoms with E-state index in [0.717, 1.165) is 5.56 Å². The fourth-order valence-electron chi connectivity index (χ4n) is 2.12. The highest BCUT2D eigenvalue weighted by Crippen LogP contribution is 2.15. The minimum absolute atomic E-state index is 0.156. The van der Waals surface area contributed by atoms with Gasteiger partial charge in [-0.3, -0.25) is 0 Å². The summed E-state index contributed by atoms with van der Waals surface area (Å²) in [4.78, 5) is 13.5. The molecule has 0 unspecified atom stereocenters. The van der Waals surface area contributed by atoms with Crippen molar-refractivity contribution >= 4 is 23.3 Å². The lowest BCUT2D eigenvalue weighted by atomic mass is 10.2. The van der Waals surface area contributed by atoms with E-state index in [2.05, 4.69) is 5.32 Å². The Morgan fingerprint density at radius 3 is 2.71 bits per heavy atom. The molecule has 2 rings (SSSR count). The second-order valence-electron chi connectivity index (χ2n) is 5.48. The molecular weight excluding hydrogens is 328 g/mol. The van der Waals surface area contributed by atoms with Crippen LogP contribution in [-0.2, 0) is 11.3 Å². The largest absolute Gasteiger partial charge is 0.389 e. The molecule has 0 fully saturated rings. The molecule has 1 atom stereocenters. The predicted molar refractivity (Wildman–Crippen MR) is 95.2 cm³/mol. The number of halogens is 1. The highest BCUT2D eigenvalue weighted by atomic mass is 35.5. The molecule has 0 aliphatic heterocycles. The first-order valence-electron chi connectivity index (χ1n) is 7.62. The van der Waals surface area contributed by atoms with Crippen molar-refractivity contribution in [3.63, 3.8) is 0 Å². The lowest BCUT2D eigenvalue weighted by Crippen LogP contribution is -2.38. The monoisotopic (exact) mass is 348 g/mol. The topological polar surface area (TPSA) is 61.8 Å². The first kappa shape index (κ1) is 18.3. The number of urea groups is 1. The Balaban J connectivity index is 1.72. The highest BCUT2D eigenvalue weighted by Gasteiger charge is 2.14. The van der Waals surface area contributed by atoms with Crippen LogP contribution in [0.25, 0.3) is 0 Å². The third-order valence-electron chi connectivity index (χ3n) is 3.33. The molecule has 128 valence electrons. The summed E-state index contributed by atoms with van der Waals surface area (Å²) in [6, 6.07) is 16.3. The summed E-state index contributed by atoms with van der Waals surface area (Å²) < 4.78 is 5.47. The van der Waals surface area contributed by atoms with Crippen LogP contribution in [0.15, 0.2) is 54.6 Å². The maximum atomic E-state index is 12.1. The van der Waals surface area contributed by atoms with Gasteiger partial charge in [-0.05, 0) is 23.8 Å². The Kier molecular flexibility index (Phi) is 7.06. The Morgan fingerprint density at radius 2 is 2.00 bits per heavy atom. The smallest absolute Gasteiger partial charge is 0.321 e. The molecule has 0 heterocycles. The van der Waals surface area contributed by atoms with Gasteiger partial charge in [-0.2, -0.15) is 0 Å². The van der Waals surface area contributed by atoms with Gasteiger partial charge >= 0.3 is 6.03 Å². The molecule has 2 aromatic rings. The van der Waals surface area contributed by atoms with Crippen LogP contribution in [0.1, 0.15) is 5.56 Å². The number of rotatable bonds is 7. The number of nitrogens with zero attached hydrogens (tertiary/aromatic N) is 1. The minimum atomic E-state index is -0.760. The van der Waals surface area contributed by atoms with Crippen molar-refractivity contribution in [1.82, 2.24) is 4.90 Å². The van der Waals surface area contributed by atoms with Gasteiger partial charge in [-0.25, -0.2) is 4.79 Å².